The maximum atomic E-state index is 14.3. The van der Waals surface area contributed by atoms with E-state index in [-0.39, 0.29) is 6.15 Å². The second kappa shape index (κ2) is 15.3. The van der Waals surface area contributed by atoms with Crippen LogP contribution < -0.4 is 0 Å². The first kappa shape index (κ1) is 30.7. The minimum absolute atomic E-state index is 0.250. The SMILES string of the molecule is C=CC(=O)OCC(C=C)CC(F)(F)C(F)(F)CC(COC(=O)C=C)OC(=O)C=C.O=C=O. The molecule has 32 heavy (non-hydrogen) atoms. The van der Waals surface area contributed by atoms with Crippen molar-refractivity contribution in [1.82, 2.24) is 0 Å². The maximum Gasteiger partial charge on any atom is 0.373 e. The maximum absolute atomic E-state index is 14.3. The van der Waals surface area contributed by atoms with Crippen LogP contribution in [0.2, 0.25) is 0 Å². The van der Waals surface area contributed by atoms with Crippen LogP contribution in [0, 0.1) is 5.92 Å². The summed E-state index contributed by atoms with van der Waals surface area (Å²) in [5.74, 6) is -13.6. The number of carbonyl (C=O) groups excluding carboxylic acids is 5. The Hall–Kier alpha value is -3.53. The molecule has 0 heterocycles. The topological polar surface area (TPSA) is 113 Å². The minimum Gasteiger partial charge on any atom is -0.462 e. The van der Waals surface area contributed by atoms with E-state index in [2.05, 4.69) is 40.5 Å². The number of ether oxygens (including phenoxy) is 3. The first-order chi connectivity index (χ1) is 14.8. The Morgan fingerprint density at radius 2 is 1.19 bits per heavy atom. The van der Waals surface area contributed by atoms with Crippen LogP contribution in [0.25, 0.3) is 0 Å². The lowest BCUT2D eigenvalue weighted by molar-refractivity contribution is -0.232. The molecule has 0 rings (SSSR count). The number of esters is 3. The minimum atomic E-state index is -4.66. The first-order valence-corrected chi connectivity index (χ1v) is 8.62. The summed E-state index contributed by atoms with van der Waals surface area (Å²) in [6.07, 6.45) is -1.56. The lowest BCUT2D eigenvalue weighted by atomic mass is 9.94. The molecule has 2 atom stereocenters. The summed E-state index contributed by atoms with van der Waals surface area (Å²) in [5.41, 5.74) is 0. The highest BCUT2D eigenvalue weighted by atomic mass is 19.3. The van der Waals surface area contributed by atoms with E-state index in [1.807, 2.05) is 0 Å². The van der Waals surface area contributed by atoms with Gasteiger partial charge in [0.1, 0.15) is 12.7 Å². The molecular formula is C20H22F4O8. The molecule has 0 aliphatic carbocycles. The summed E-state index contributed by atoms with van der Waals surface area (Å²) >= 11 is 0. The lowest BCUT2D eigenvalue weighted by Gasteiger charge is -2.31. The van der Waals surface area contributed by atoms with Crippen molar-refractivity contribution in [3.8, 4) is 0 Å². The van der Waals surface area contributed by atoms with Crippen LogP contribution in [0.15, 0.2) is 50.6 Å². The molecule has 0 bridgehead atoms. The Morgan fingerprint density at radius 1 is 0.781 bits per heavy atom. The van der Waals surface area contributed by atoms with Gasteiger partial charge in [-0.15, -0.1) is 6.58 Å². The van der Waals surface area contributed by atoms with Crippen molar-refractivity contribution >= 4 is 24.1 Å². The van der Waals surface area contributed by atoms with Crippen molar-refractivity contribution < 1.29 is 55.7 Å². The predicted octanol–water partition coefficient (Wildman–Crippen LogP) is 2.81. The Bertz CT molecular complexity index is 727. The van der Waals surface area contributed by atoms with Gasteiger partial charge in [0.05, 0.1) is 13.0 Å². The molecule has 2 unspecified atom stereocenters. The second-order valence-electron chi connectivity index (χ2n) is 5.83. The molecule has 0 saturated carbocycles. The second-order valence-corrected chi connectivity index (χ2v) is 5.83. The van der Waals surface area contributed by atoms with Crippen molar-refractivity contribution in [3.05, 3.63) is 50.6 Å². The molecule has 178 valence electrons. The average molecular weight is 466 g/mol. The molecule has 8 nitrogen and oxygen atoms in total. The zero-order valence-electron chi connectivity index (χ0n) is 16.9. The third-order valence-corrected chi connectivity index (χ3v) is 3.51. The number of carbonyl (C=O) groups is 3. The molecule has 0 aromatic rings. The number of halogens is 4. The summed E-state index contributed by atoms with van der Waals surface area (Å²) in [7, 11) is 0. The summed E-state index contributed by atoms with van der Waals surface area (Å²) in [6.45, 7) is 11.0. The highest BCUT2D eigenvalue weighted by molar-refractivity contribution is 5.82. The number of alkyl halides is 4. The van der Waals surface area contributed by atoms with Crippen LogP contribution in [0.5, 0.6) is 0 Å². The standard InChI is InChI=1S/C19H22F4O6.CO2/c1-5-13(11-27-15(24)6-2)9-18(20,21)19(22,23)10-14(29-17(26)8-4)12-28-16(25)7-3;2-1-3/h5-8,13-14H,1-4,9-12H2;. The third kappa shape index (κ3) is 12.2. The monoisotopic (exact) mass is 466 g/mol. The van der Waals surface area contributed by atoms with Crippen molar-refractivity contribution in [2.45, 2.75) is 30.8 Å². The summed E-state index contributed by atoms with van der Waals surface area (Å²) < 4.78 is 70.7. The van der Waals surface area contributed by atoms with Crippen molar-refractivity contribution in [2.75, 3.05) is 13.2 Å². The lowest BCUT2D eigenvalue weighted by Crippen LogP contribution is -2.46. The van der Waals surface area contributed by atoms with Gasteiger partial charge >= 0.3 is 35.9 Å². The van der Waals surface area contributed by atoms with Gasteiger partial charge in [0.2, 0.25) is 0 Å². The molecule has 0 N–H and O–H groups in total. The molecule has 0 amide bonds. The number of hydrogen-bond donors (Lipinski definition) is 0. The fourth-order valence-corrected chi connectivity index (χ4v) is 1.95. The van der Waals surface area contributed by atoms with Gasteiger partial charge < -0.3 is 14.2 Å². The van der Waals surface area contributed by atoms with E-state index in [0.29, 0.717) is 6.08 Å². The Kier molecular flexibility index (Phi) is 14.7. The summed E-state index contributed by atoms with van der Waals surface area (Å²) in [4.78, 5) is 49.6. The van der Waals surface area contributed by atoms with Gasteiger partial charge in [-0.1, -0.05) is 25.8 Å². The van der Waals surface area contributed by atoms with Crippen molar-refractivity contribution in [2.24, 2.45) is 5.92 Å². The van der Waals surface area contributed by atoms with Crippen molar-refractivity contribution in [1.29, 1.82) is 0 Å². The average Bonchev–Trinajstić information content (AvgIpc) is 2.74. The molecule has 0 saturated heterocycles. The van der Waals surface area contributed by atoms with Crippen LogP contribution in [0.3, 0.4) is 0 Å². The van der Waals surface area contributed by atoms with Gasteiger partial charge in [-0.05, 0) is 0 Å². The molecule has 0 aromatic carbocycles. The first-order valence-electron chi connectivity index (χ1n) is 8.62. The summed E-state index contributed by atoms with van der Waals surface area (Å²) in [6, 6.07) is 0. The Labute approximate surface area is 181 Å². The van der Waals surface area contributed by atoms with Crippen LogP contribution in [0.1, 0.15) is 12.8 Å². The zero-order chi connectivity index (χ0) is 25.4. The van der Waals surface area contributed by atoms with Gasteiger partial charge in [0, 0.05) is 30.6 Å². The van der Waals surface area contributed by atoms with Crippen LogP contribution in [-0.4, -0.2) is 55.2 Å². The molecule has 12 heteroatoms. The van der Waals surface area contributed by atoms with E-state index in [9.17, 15) is 31.9 Å². The largest absolute Gasteiger partial charge is 0.462 e. The van der Waals surface area contributed by atoms with Crippen LogP contribution in [-0.2, 0) is 38.2 Å². The van der Waals surface area contributed by atoms with E-state index in [0.717, 1.165) is 18.2 Å². The van der Waals surface area contributed by atoms with Crippen LogP contribution in [0.4, 0.5) is 17.6 Å². The molecule has 0 aliphatic rings. The van der Waals surface area contributed by atoms with Crippen LogP contribution >= 0.6 is 0 Å². The third-order valence-electron chi connectivity index (χ3n) is 3.51. The normalized spacial score (nSPS) is 12.4. The molecule has 0 aliphatic heterocycles. The highest BCUT2D eigenvalue weighted by Crippen LogP contribution is 2.42. The smallest absolute Gasteiger partial charge is 0.373 e. The fraction of sp³-hybridized carbons (Fsp3) is 0.400. The highest BCUT2D eigenvalue weighted by Gasteiger charge is 2.57. The molecular weight excluding hydrogens is 444 g/mol. The zero-order valence-corrected chi connectivity index (χ0v) is 16.9. The van der Waals surface area contributed by atoms with Crippen molar-refractivity contribution in [3.63, 3.8) is 0 Å². The Morgan fingerprint density at radius 3 is 1.59 bits per heavy atom. The molecule has 0 fully saturated rings. The van der Waals surface area contributed by atoms with Gasteiger partial charge in [-0.3, -0.25) is 0 Å². The quantitative estimate of drug-likeness (QED) is 0.126. The Balaban J connectivity index is 0. The van der Waals surface area contributed by atoms with E-state index in [4.69, 9.17) is 9.59 Å². The van der Waals surface area contributed by atoms with Gasteiger partial charge in [-0.2, -0.15) is 27.2 Å². The van der Waals surface area contributed by atoms with E-state index >= 15 is 0 Å². The molecule has 0 radical (unpaired) electrons. The summed E-state index contributed by atoms with van der Waals surface area (Å²) in [5, 5.41) is 0. The van der Waals surface area contributed by atoms with E-state index in [1.165, 1.54) is 0 Å². The van der Waals surface area contributed by atoms with E-state index in [1.54, 1.807) is 0 Å². The van der Waals surface area contributed by atoms with Gasteiger partial charge in [-0.25, -0.2) is 14.4 Å². The molecule has 0 aromatic heterocycles. The predicted molar refractivity (Wildman–Crippen MR) is 100 cm³/mol. The van der Waals surface area contributed by atoms with Gasteiger partial charge in [0.15, 0.2) is 0 Å². The molecule has 0 spiro atoms. The number of rotatable bonds is 14. The van der Waals surface area contributed by atoms with Gasteiger partial charge in [0.25, 0.3) is 0 Å². The number of hydrogen-bond acceptors (Lipinski definition) is 8. The fourth-order valence-electron chi connectivity index (χ4n) is 1.95. The van der Waals surface area contributed by atoms with E-state index < -0.39 is 67.8 Å².